The van der Waals surface area contributed by atoms with Gasteiger partial charge in [0.1, 0.15) is 23.9 Å². The molecule has 1 saturated heterocycles. The topological polar surface area (TPSA) is 76.1 Å². The summed E-state index contributed by atoms with van der Waals surface area (Å²) < 4.78 is 24.4. The number of amides is 1. The number of Topliss-reactive ketones (excluding diaryl/α,β-unsaturated/α-hetero) is 1. The second kappa shape index (κ2) is 10.0. The summed E-state index contributed by atoms with van der Waals surface area (Å²) in [6.45, 7) is 4.54. The van der Waals surface area contributed by atoms with E-state index >= 15 is 0 Å². The minimum absolute atomic E-state index is 0.0761. The monoisotopic (exact) mass is 425 g/mol. The van der Waals surface area contributed by atoms with Crippen molar-refractivity contribution in [3.05, 3.63) is 83.7 Å². The van der Waals surface area contributed by atoms with E-state index in [-0.39, 0.29) is 17.9 Å². The SMILES string of the molecule is C=CCOc1ccc(/C(O)=C2\C(=O)C(=O)N(CCCOC)C2c2cccc(F)c2)cc1. The van der Waals surface area contributed by atoms with Crippen LogP contribution >= 0.6 is 0 Å². The number of carbonyl (C=O) groups is 2. The Kier molecular flexibility index (Phi) is 7.20. The van der Waals surface area contributed by atoms with Crippen LogP contribution < -0.4 is 4.74 Å². The van der Waals surface area contributed by atoms with Gasteiger partial charge in [-0.3, -0.25) is 9.59 Å². The van der Waals surface area contributed by atoms with E-state index in [2.05, 4.69) is 6.58 Å². The predicted octanol–water partition coefficient (Wildman–Crippen LogP) is 3.85. The molecule has 31 heavy (non-hydrogen) atoms. The number of ketones is 1. The lowest BCUT2D eigenvalue weighted by Gasteiger charge is -2.25. The molecule has 0 radical (unpaired) electrons. The Morgan fingerprint density at radius 3 is 2.61 bits per heavy atom. The molecule has 1 atom stereocenters. The molecule has 6 nitrogen and oxygen atoms in total. The minimum atomic E-state index is -0.899. The highest BCUT2D eigenvalue weighted by molar-refractivity contribution is 6.46. The molecular weight excluding hydrogens is 401 g/mol. The molecule has 0 saturated carbocycles. The molecule has 2 aromatic rings. The van der Waals surface area contributed by atoms with E-state index in [0.29, 0.717) is 36.5 Å². The van der Waals surface area contributed by atoms with Gasteiger partial charge >= 0.3 is 0 Å². The molecule has 0 aliphatic carbocycles. The molecule has 0 bridgehead atoms. The highest BCUT2D eigenvalue weighted by atomic mass is 19.1. The number of likely N-dealkylation sites (tertiary alicyclic amines) is 1. The molecule has 1 fully saturated rings. The van der Waals surface area contributed by atoms with Gasteiger partial charge in [0.15, 0.2) is 0 Å². The van der Waals surface area contributed by atoms with E-state index in [1.165, 1.54) is 23.1 Å². The van der Waals surface area contributed by atoms with Gasteiger partial charge in [-0.2, -0.15) is 0 Å². The van der Waals surface area contributed by atoms with E-state index < -0.39 is 23.5 Å². The summed E-state index contributed by atoms with van der Waals surface area (Å²) in [5.74, 6) is -1.80. The Labute approximate surface area is 180 Å². The molecule has 2 aromatic carbocycles. The van der Waals surface area contributed by atoms with Gasteiger partial charge in [0.25, 0.3) is 11.7 Å². The van der Waals surface area contributed by atoms with Crippen LogP contribution in [0.3, 0.4) is 0 Å². The first-order chi connectivity index (χ1) is 15.0. The molecular formula is C24H24FNO5. The summed E-state index contributed by atoms with van der Waals surface area (Å²) in [6, 6.07) is 11.2. The van der Waals surface area contributed by atoms with E-state index in [1.807, 2.05) is 0 Å². The van der Waals surface area contributed by atoms with Gasteiger partial charge in [-0.25, -0.2) is 4.39 Å². The maximum atomic E-state index is 13.9. The number of hydrogen-bond acceptors (Lipinski definition) is 5. The van der Waals surface area contributed by atoms with Gasteiger partial charge < -0.3 is 19.5 Å². The molecule has 1 aliphatic heterocycles. The van der Waals surface area contributed by atoms with Gasteiger partial charge in [-0.15, -0.1) is 0 Å². The predicted molar refractivity (Wildman–Crippen MR) is 114 cm³/mol. The van der Waals surface area contributed by atoms with Crippen LogP contribution in [0.4, 0.5) is 4.39 Å². The Hall–Kier alpha value is -3.45. The van der Waals surface area contributed by atoms with Crippen LogP contribution in [0.1, 0.15) is 23.6 Å². The lowest BCUT2D eigenvalue weighted by Crippen LogP contribution is -2.31. The van der Waals surface area contributed by atoms with Crippen molar-refractivity contribution in [3.63, 3.8) is 0 Å². The standard InChI is InChI=1S/C24H24FNO5/c1-3-13-31-19-10-8-16(9-11-19)22(27)20-21(17-6-4-7-18(25)15-17)26(12-5-14-30-2)24(29)23(20)28/h3-4,6-11,15,21,27H,1,5,12-14H2,2H3/b22-20+. The van der Waals surface area contributed by atoms with Crippen LogP contribution in [0.15, 0.2) is 66.8 Å². The zero-order chi connectivity index (χ0) is 22.4. The third kappa shape index (κ3) is 4.83. The number of ether oxygens (including phenoxy) is 2. The Bertz CT molecular complexity index is 999. The quantitative estimate of drug-likeness (QED) is 0.217. The molecule has 0 spiro atoms. The number of hydrogen-bond donors (Lipinski definition) is 1. The Balaban J connectivity index is 2.04. The van der Waals surface area contributed by atoms with Gasteiger partial charge in [0, 0.05) is 25.8 Å². The molecule has 1 amide bonds. The van der Waals surface area contributed by atoms with Gasteiger partial charge in [-0.1, -0.05) is 24.8 Å². The van der Waals surface area contributed by atoms with E-state index in [0.717, 1.165) is 0 Å². The first kappa shape index (κ1) is 22.2. The van der Waals surface area contributed by atoms with E-state index in [1.54, 1.807) is 43.5 Å². The summed E-state index contributed by atoms with van der Waals surface area (Å²) in [5, 5.41) is 11.0. The second-order valence-corrected chi connectivity index (χ2v) is 7.02. The van der Waals surface area contributed by atoms with Crippen LogP contribution in [0.2, 0.25) is 0 Å². The van der Waals surface area contributed by atoms with Crippen LogP contribution in [0.25, 0.3) is 5.76 Å². The molecule has 1 heterocycles. The van der Waals surface area contributed by atoms with Gasteiger partial charge in [-0.05, 0) is 48.4 Å². The smallest absolute Gasteiger partial charge is 0.295 e. The zero-order valence-electron chi connectivity index (χ0n) is 17.2. The van der Waals surface area contributed by atoms with Crippen LogP contribution in [-0.2, 0) is 14.3 Å². The normalized spacial score (nSPS) is 17.7. The van der Waals surface area contributed by atoms with Crippen molar-refractivity contribution in [2.24, 2.45) is 0 Å². The average molecular weight is 425 g/mol. The highest BCUT2D eigenvalue weighted by Crippen LogP contribution is 2.39. The molecule has 162 valence electrons. The van der Waals surface area contributed by atoms with Crippen molar-refractivity contribution in [3.8, 4) is 5.75 Å². The lowest BCUT2D eigenvalue weighted by atomic mass is 9.95. The number of methoxy groups -OCH3 is 1. The number of halogens is 1. The minimum Gasteiger partial charge on any atom is -0.507 e. The summed E-state index contributed by atoms with van der Waals surface area (Å²) in [7, 11) is 1.54. The fraction of sp³-hybridized carbons (Fsp3) is 0.250. The van der Waals surface area contributed by atoms with Gasteiger partial charge in [0.2, 0.25) is 0 Å². The number of aliphatic hydroxyl groups excluding tert-OH is 1. The van der Waals surface area contributed by atoms with E-state index in [9.17, 15) is 19.1 Å². The zero-order valence-corrected chi connectivity index (χ0v) is 17.2. The van der Waals surface area contributed by atoms with Crippen molar-refractivity contribution >= 4 is 17.4 Å². The molecule has 3 rings (SSSR count). The maximum Gasteiger partial charge on any atom is 0.295 e. The Morgan fingerprint density at radius 2 is 1.97 bits per heavy atom. The van der Waals surface area contributed by atoms with Crippen molar-refractivity contribution < 1.29 is 28.6 Å². The summed E-state index contributed by atoms with van der Waals surface area (Å²) in [5.41, 5.74) is 0.680. The molecule has 1 N–H and O–H groups in total. The summed E-state index contributed by atoms with van der Waals surface area (Å²) >= 11 is 0. The number of nitrogens with zero attached hydrogens (tertiary/aromatic N) is 1. The van der Waals surface area contributed by atoms with E-state index in [4.69, 9.17) is 9.47 Å². The average Bonchev–Trinajstić information content (AvgIpc) is 3.03. The largest absolute Gasteiger partial charge is 0.507 e. The number of rotatable bonds is 9. The lowest BCUT2D eigenvalue weighted by molar-refractivity contribution is -0.140. The molecule has 7 heteroatoms. The third-order valence-electron chi connectivity index (χ3n) is 4.95. The van der Waals surface area contributed by atoms with Crippen LogP contribution in [0, 0.1) is 5.82 Å². The van der Waals surface area contributed by atoms with Crippen LogP contribution in [-0.4, -0.2) is 48.6 Å². The molecule has 1 unspecified atom stereocenters. The van der Waals surface area contributed by atoms with Crippen molar-refractivity contribution in [2.45, 2.75) is 12.5 Å². The fourth-order valence-electron chi connectivity index (χ4n) is 3.53. The third-order valence-corrected chi connectivity index (χ3v) is 4.95. The molecule has 0 aromatic heterocycles. The highest BCUT2D eigenvalue weighted by Gasteiger charge is 2.45. The first-order valence-electron chi connectivity index (χ1n) is 9.85. The molecule has 1 aliphatic rings. The van der Waals surface area contributed by atoms with Crippen molar-refractivity contribution in [1.29, 1.82) is 0 Å². The van der Waals surface area contributed by atoms with Crippen molar-refractivity contribution in [2.75, 3.05) is 26.9 Å². The number of benzene rings is 2. The van der Waals surface area contributed by atoms with Crippen molar-refractivity contribution in [1.82, 2.24) is 4.90 Å². The fourth-order valence-corrected chi connectivity index (χ4v) is 3.53. The maximum absolute atomic E-state index is 13.9. The number of carbonyl (C=O) groups excluding carboxylic acids is 2. The first-order valence-corrected chi connectivity index (χ1v) is 9.85. The summed E-state index contributed by atoms with van der Waals surface area (Å²) in [6.07, 6.45) is 2.10. The van der Waals surface area contributed by atoms with Gasteiger partial charge in [0.05, 0.1) is 11.6 Å². The van der Waals surface area contributed by atoms with Crippen LogP contribution in [0.5, 0.6) is 5.75 Å². The summed E-state index contributed by atoms with van der Waals surface area (Å²) in [4.78, 5) is 27.0. The second-order valence-electron chi connectivity index (χ2n) is 7.02. The Morgan fingerprint density at radius 1 is 1.23 bits per heavy atom. The number of aliphatic hydroxyl groups is 1.